The van der Waals surface area contributed by atoms with Crippen molar-refractivity contribution in [3.63, 3.8) is 0 Å². The Balaban J connectivity index is 2.08. The van der Waals surface area contributed by atoms with Gasteiger partial charge in [0.2, 0.25) is 11.8 Å². The Morgan fingerprint density at radius 3 is 2.44 bits per heavy atom. The average molecular weight is 495 g/mol. The smallest absolute Gasteiger partial charge is 0.308 e. The fraction of sp³-hybridized carbons (Fsp3) is 0.808. The molecule has 2 bridgehead atoms. The number of hydrogen-bond acceptors (Lipinski definition) is 5. The molecule has 1 spiro atoms. The summed E-state index contributed by atoms with van der Waals surface area (Å²) in [7, 11) is 0. The van der Waals surface area contributed by atoms with Gasteiger partial charge in [0.1, 0.15) is 6.04 Å². The number of likely N-dealkylation sites (tertiary alicyclic amines) is 1. The highest BCUT2D eigenvalue weighted by Gasteiger charge is 2.76. The lowest BCUT2D eigenvalue weighted by molar-refractivity contribution is -0.149. The fourth-order valence-corrected chi connectivity index (χ4v) is 9.43. The summed E-state index contributed by atoms with van der Waals surface area (Å²) in [6.07, 6.45) is 4.30. The number of fused-ring (bicyclic) bond motifs is 1. The quantitative estimate of drug-likeness (QED) is 0.357. The van der Waals surface area contributed by atoms with E-state index in [4.69, 9.17) is 0 Å². The largest absolute Gasteiger partial charge is 0.481 e. The lowest BCUT2D eigenvalue weighted by atomic mass is 9.66. The van der Waals surface area contributed by atoms with Crippen molar-refractivity contribution >= 4 is 29.5 Å². The zero-order chi connectivity index (χ0) is 25.6. The van der Waals surface area contributed by atoms with Crippen LogP contribution in [-0.4, -0.2) is 79.1 Å². The highest BCUT2D eigenvalue weighted by molar-refractivity contribution is 8.02. The first-order valence-electron chi connectivity index (χ1n) is 12.5. The summed E-state index contributed by atoms with van der Waals surface area (Å²) in [5.74, 6) is -2.66. The second-order valence-corrected chi connectivity index (χ2v) is 13.7. The van der Waals surface area contributed by atoms with Gasteiger partial charge >= 0.3 is 5.97 Å². The van der Waals surface area contributed by atoms with Gasteiger partial charge in [-0.25, -0.2) is 0 Å². The summed E-state index contributed by atoms with van der Waals surface area (Å²) >= 11 is 1.57. The molecule has 0 radical (unpaired) electrons. The van der Waals surface area contributed by atoms with Crippen LogP contribution in [0.3, 0.4) is 0 Å². The van der Waals surface area contributed by atoms with E-state index in [1.165, 1.54) is 0 Å². The summed E-state index contributed by atoms with van der Waals surface area (Å²) in [5, 5.41) is 19.2. The van der Waals surface area contributed by atoms with E-state index in [1.807, 2.05) is 4.90 Å². The molecular formula is C26H42N2O5S. The Morgan fingerprint density at radius 1 is 1.26 bits per heavy atom. The summed E-state index contributed by atoms with van der Waals surface area (Å²) in [5.41, 5.74) is -0.493. The lowest BCUT2D eigenvalue weighted by Crippen LogP contribution is -2.61. The van der Waals surface area contributed by atoms with Crippen molar-refractivity contribution in [3.05, 3.63) is 12.7 Å². The molecule has 2 amide bonds. The number of carbonyl (C=O) groups is 3. The van der Waals surface area contributed by atoms with Crippen LogP contribution in [0.4, 0.5) is 0 Å². The van der Waals surface area contributed by atoms with Gasteiger partial charge < -0.3 is 20.0 Å². The van der Waals surface area contributed by atoms with Gasteiger partial charge in [-0.2, -0.15) is 0 Å². The van der Waals surface area contributed by atoms with Crippen LogP contribution in [-0.2, 0) is 14.4 Å². The summed E-state index contributed by atoms with van der Waals surface area (Å²) < 4.78 is -0.738. The van der Waals surface area contributed by atoms with Gasteiger partial charge in [0, 0.05) is 30.5 Å². The van der Waals surface area contributed by atoms with E-state index in [9.17, 15) is 24.6 Å². The third kappa shape index (κ3) is 4.41. The van der Waals surface area contributed by atoms with Crippen LogP contribution >= 0.6 is 11.8 Å². The summed E-state index contributed by atoms with van der Waals surface area (Å²) in [4.78, 5) is 44.0. The number of aliphatic hydroxyl groups excluding tert-OH is 1. The zero-order valence-electron chi connectivity index (χ0n) is 21.5. The molecule has 7 nitrogen and oxygen atoms in total. The van der Waals surface area contributed by atoms with Crippen molar-refractivity contribution < 1.29 is 24.6 Å². The van der Waals surface area contributed by atoms with Crippen molar-refractivity contribution in [3.8, 4) is 0 Å². The van der Waals surface area contributed by atoms with Crippen LogP contribution in [0, 0.1) is 23.2 Å². The number of thioether (sulfide) groups is 1. The first kappa shape index (κ1) is 27.1. The molecule has 3 unspecified atom stereocenters. The van der Waals surface area contributed by atoms with Gasteiger partial charge in [-0.05, 0) is 50.9 Å². The predicted molar refractivity (Wildman–Crippen MR) is 134 cm³/mol. The Morgan fingerprint density at radius 2 is 1.91 bits per heavy atom. The van der Waals surface area contributed by atoms with E-state index in [2.05, 4.69) is 48.1 Å². The molecule has 3 heterocycles. The van der Waals surface area contributed by atoms with Crippen molar-refractivity contribution in [2.45, 2.75) is 88.8 Å². The topological polar surface area (TPSA) is 98.2 Å². The first-order valence-corrected chi connectivity index (χ1v) is 13.3. The molecular weight excluding hydrogens is 452 g/mol. The molecule has 3 aliphatic rings. The van der Waals surface area contributed by atoms with Crippen LogP contribution in [0.15, 0.2) is 12.7 Å². The van der Waals surface area contributed by atoms with E-state index < -0.39 is 34.1 Å². The maximum Gasteiger partial charge on any atom is 0.308 e. The number of nitrogens with zero attached hydrogens (tertiary/aromatic N) is 2. The Bertz CT molecular complexity index is 838. The number of hydrogen-bond donors (Lipinski definition) is 2. The minimum absolute atomic E-state index is 0.0153. The molecule has 0 saturated carbocycles. The predicted octanol–water partition coefficient (Wildman–Crippen LogP) is 3.41. The van der Waals surface area contributed by atoms with Gasteiger partial charge in [0.05, 0.1) is 16.6 Å². The van der Waals surface area contributed by atoms with Crippen LogP contribution in [0.5, 0.6) is 0 Å². The van der Waals surface area contributed by atoms with Gasteiger partial charge in [0.15, 0.2) is 0 Å². The molecule has 192 valence electrons. The van der Waals surface area contributed by atoms with Gasteiger partial charge in [-0.15, -0.1) is 18.3 Å². The number of carbonyl (C=O) groups excluding carboxylic acids is 2. The van der Waals surface area contributed by atoms with Crippen molar-refractivity contribution in [2.24, 2.45) is 23.2 Å². The second-order valence-electron chi connectivity index (χ2n) is 12.1. The molecule has 3 rings (SSSR count). The summed E-state index contributed by atoms with van der Waals surface area (Å²) in [6.45, 7) is 17.2. The highest BCUT2D eigenvalue weighted by Crippen LogP contribution is 2.68. The van der Waals surface area contributed by atoms with Crippen LogP contribution in [0.25, 0.3) is 0 Å². The van der Waals surface area contributed by atoms with E-state index in [-0.39, 0.29) is 35.0 Å². The molecule has 6 atom stereocenters. The number of carboxylic acid groups (broad SMARTS) is 1. The molecule has 34 heavy (non-hydrogen) atoms. The van der Waals surface area contributed by atoms with E-state index in [0.29, 0.717) is 32.4 Å². The van der Waals surface area contributed by atoms with Crippen molar-refractivity contribution in [1.29, 1.82) is 0 Å². The lowest BCUT2D eigenvalue weighted by Gasteiger charge is -2.46. The third-order valence-corrected chi connectivity index (χ3v) is 9.92. The second kappa shape index (κ2) is 9.49. The zero-order valence-corrected chi connectivity index (χ0v) is 22.4. The number of amides is 2. The summed E-state index contributed by atoms with van der Waals surface area (Å²) in [6, 6.07) is -0.711. The highest BCUT2D eigenvalue weighted by atomic mass is 32.2. The van der Waals surface area contributed by atoms with Crippen LogP contribution in [0.2, 0.25) is 0 Å². The van der Waals surface area contributed by atoms with Crippen LogP contribution in [0.1, 0.15) is 67.2 Å². The Labute approximate surface area is 208 Å². The van der Waals surface area contributed by atoms with Gasteiger partial charge in [-0.3, -0.25) is 14.4 Å². The molecule has 3 fully saturated rings. The van der Waals surface area contributed by atoms with E-state index >= 15 is 0 Å². The third-order valence-electron chi connectivity index (χ3n) is 7.84. The minimum Gasteiger partial charge on any atom is -0.481 e. The number of rotatable bonds is 10. The number of aliphatic hydroxyl groups is 1. The number of unbranched alkanes of at least 4 members (excludes halogenated alkanes) is 1. The standard InChI is InChI=1S/C26H42N2O5S/c1-8-11-28(25(6,7)15-24(3,4)5)22(31)20-26-16(2)14-17(34-26)18(23(32)33)19(26)21(30)27(20)12-9-10-13-29/h8,16-20,29H,1,9-15H2,2-7H3,(H,32,33)/t16?,17-,18+,19-,20?,26?/m0/s1. The number of aliphatic carboxylic acids is 1. The minimum atomic E-state index is -0.941. The molecule has 2 N–H and O–H groups in total. The average Bonchev–Trinajstić information content (AvgIpc) is 3.28. The molecule has 3 saturated heterocycles. The van der Waals surface area contributed by atoms with Crippen molar-refractivity contribution in [2.75, 3.05) is 19.7 Å². The molecule has 0 aromatic heterocycles. The van der Waals surface area contributed by atoms with Gasteiger partial charge in [0.25, 0.3) is 0 Å². The maximum atomic E-state index is 14.5. The molecule has 0 aliphatic carbocycles. The molecule has 0 aromatic carbocycles. The monoisotopic (exact) mass is 494 g/mol. The van der Waals surface area contributed by atoms with Crippen molar-refractivity contribution in [1.82, 2.24) is 9.80 Å². The molecule has 8 heteroatoms. The first-order chi connectivity index (χ1) is 15.7. The van der Waals surface area contributed by atoms with E-state index in [0.717, 1.165) is 6.42 Å². The Hall–Kier alpha value is -1.54. The molecule has 3 aliphatic heterocycles. The van der Waals surface area contributed by atoms with Crippen LogP contribution < -0.4 is 0 Å². The van der Waals surface area contributed by atoms with Gasteiger partial charge in [-0.1, -0.05) is 33.8 Å². The normalized spacial score (nSPS) is 32.7. The SMILES string of the molecule is C=CCN(C(=O)C1N(CCCCO)C(=O)[C@@H]2[C@H](C(=O)O)[C@@H]3CC(C)C12S3)C(C)(C)CC(C)(C)C. The maximum absolute atomic E-state index is 14.5. The molecule has 0 aromatic rings. The number of carboxylic acids is 1. The van der Waals surface area contributed by atoms with E-state index in [1.54, 1.807) is 22.7 Å². The Kier molecular flexibility index (Phi) is 7.55. The fourth-order valence-electron chi connectivity index (χ4n) is 7.02.